The highest BCUT2D eigenvalue weighted by atomic mass is 16.5. The largest absolute Gasteiger partial charge is 0.467 e. The van der Waals surface area contributed by atoms with Crippen LogP contribution in [-0.2, 0) is 32.1 Å². The van der Waals surface area contributed by atoms with E-state index in [1.54, 1.807) is 13.8 Å². The third kappa shape index (κ3) is 7.11. The lowest BCUT2D eigenvalue weighted by Gasteiger charge is -2.25. The number of carbonyl (C=O) groups excluding carboxylic acids is 3. The Morgan fingerprint density at radius 1 is 0.906 bits per heavy atom. The molecule has 0 aliphatic heterocycles. The van der Waals surface area contributed by atoms with Crippen LogP contribution >= 0.6 is 0 Å². The molecule has 0 bridgehead atoms. The van der Waals surface area contributed by atoms with Gasteiger partial charge in [-0.1, -0.05) is 62.4 Å². The third-order valence-electron chi connectivity index (χ3n) is 5.29. The van der Waals surface area contributed by atoms with Gasteiger partial charge in [0, 0.05) is 6.42 Å². The predicted molar refractivity (Wildman–Crippen MR) is 122 cm³/mol. The molecule has 0 spiro atoms. The summed E-state index contributed by atoms with van der Waals surface area (Å²) in [6.07, 6.45) is -0.410. The molecule has 0 saturated heterocycles. The van der Waals surface area contributed by atoms with Crippen molar-refractivity contribution in [3.8, 4) is 0 Å². The number of rotatable bonds is 9. The van der Waals surface area contributed by atoms with Crippen molar-refractivity contribution < 1.29 is 23.9 Å². The van der Waals surface area contributed by atoms with Gasteiger partial charge in [-0.25, -0.2) is 9.59 Å². The van der Waals surface area contributed by atoms with Crippen LogP contribution in [-0.4, -0.2) is 37.2 Å². The Labute approximate surface area is 189 Å². The number of amides is 2. The van der Waals surface area contributed by atoms with E-state index in [1.807, 2.05) is 62.4 Å². The second-order valence-electron chi connectivity index (χ2n) is 8.09. The number of ether oxygens (including phenoxy) is 2. The minimum absolute atomic E-state index is 0.0937. The van der Waals surface area contributed by atoms with Crippen LogP contribution in [0.1, 0.15) is 36.1 Å². The second-order valence-corrected chi connectivity index (χ2v) is 8.09. The molecule has 7 nitrogen and oxygen atoms in total. The Morgan fingerprint density at radius 3 is 2.09 bits per heavy atom. The SMILES string of the molecule is COC(=O)[C@@H](Cc1c(C)cccc1C)NC(=O)[C@H](NC(=O)OCc1ccccc1)C(C)C. The smallest absolute Gasteiger partial charge is 0.408 e. The quantitative estimate of drug-likeness (QED) is 0.583. The molecule has 0 radical (unpaired) electrons. The monoisotopic (exact) mass is 440 g/mol. The molecule has 0 saturated carbocycles. The molecule has 0 heterocycles. The number of aryl methyl sites for hydroxylation is 2. The van der Waals surface area contributed by atoms with Crippen molar-refractivity contribution >= 4 is 18.0 Å². The van der Waals surface area contributed by atoms with Crippen molar-refractivity contribution in [2.45, 2.75) is 52.8 Å². The number of benzene rings is 2. The minimum atomic E-state index is -0.879. The number of hydrogen-bond acceptors (Lipinski definition) is 5. The first-order valence-corrected chi connectivity index (χ1v) is 10.6. The molecule has 0 fully saturated rings. The van der Waals surface area contributed by atoms with E-state index >= 15 is 0 Å². The molecule has 2 rings (SSSR count). The zero-order valence-electron chi connectivity index (χ0n) is 19.3. The Balaban J connectivity index is 2.07. The molecule has 2 N–H and O–H groups in total. The molecule has 0 aliphatic carbocycles. The topological polar surface area (TPSA) is 93.7 Å². The van der Waals surface area contributed by atoms with Crippen LogP contribution in [0.5, 0.6) is 0 Å². The maximum absolute atomic E-state index is 13.0. The second kappa shape index (κ2) is 11.9. The lowest BCUT2D eigenvalue weighted by molar-refractivity contribution is -0.145. The molecular weight excluding hydrogens is 408 g/mol. The predicted octanol–water partition coefficient (Wildman–Crippen LogP) is 3.45. The lowest BCUT2D eigenvalue weighted by atomic mass is 9.95. The minimum Gasteiger partial charge on any atom is -0.467 e. The fraction of sp³-hybridized carbons (Fsp3) is 0.400. The summed E-state index contributed by atoms with van der Waals surface area (Å²) >= 11 is 0. The van der Waals surface area contributed by atoms with E-state index in [-0.39, 0.29) is 12.5 Å². The van der Waals surface area contributed by atoms with Crippen LogP contribution in [0.25, 0.3) is 0 Å². The molecule has 2 atom stereocenters. The van der Waals surface area contributed by atoms with Crippen molar-refractivity contribution in [2.75, 3.05) is 7.11 Å². The molecule has 2 aromatic carbocycles. The molecule has 172 valence electrons. The van der Waals surface area contributed by atoms with Gasteiger partial charge in [0.1, 0.15) is 18.7 Å². The van der Waals surface area contributed by atoms with E-state index in [2.05, 4.69) is 10.6 Å². The highest BCUT2D eigenvalue weighted by molar-refractivity contribution is 5.90. The van der Waals surface area contributed by atoms with Crippen molar-refractivity contribution in [1.82, 2.24) is 10.6 Å². The molecule has 2 amide bonds. The Morgan fingerprint density at radius 2 is 1.53 bits per heavy atom. The molecule has 0 aromatic heterocycles. The normalized spacial score (nSPS) is 12.6. The van der Waals surface area contributed by atoms with Crippen LogP contribution < -0.4 is 10.6 Å². The fourth-order valence-electron chi connectivity index (χ4n) is 3.40. The number of alkyl carbamates (subject to hydrolysis) is 1. The van der Waals surface area contributed by atoms with E-state index in [4.69, 9.17) is 9.47 Å². The standard InChI is InChI=1S/C25H32N2O5/c1-16(2)22(27-25(30)32-15-19-12-7-6-8-13-19)23(28)26-21(24(29)31-5)14-20-17(3)10-9-11-18(20)4/h6-13,16,21-22H,14-15H2,1-5H3,(H,26,28)(H,27,30)/t21-,22-/m1/s1. The summed E-state index contributed by atoms with van der Waals surface area (Å²) < 4.78 is 10.1. The van der Waals surface area contributed by atoms with Crippen LogP contribution in [0.3, 0.4) is 0 Å². The summed E-state index contributed by atoms with van der Waals surface area (Å²) in [5.74, 6) is -1.24. The molecule has 0 aliphatic rings. The van der Waals surface area contributed by atoms with E-state index in [0.717, 1.165) is 22.3 Å². The van der Waals surface area contributed by atoms with Gasteiger partial charge in [-0.2, -0.15) is 0 Å². The average Bonchev–Trinajstić information content (AvgIpc) is 2.77. The van der Waals surface area contributed by atoms with Crippen molar-refractivity contribution in [3.63, 3.8) is 0 Å². The molecule has 0 unspecified atom stereocenters. The van der Waals surface area contributed by atoms with Gasteiger partial charge >= 0.3 is 12.1 Å². The summed E-state index contributed by atoms with van der Waals surface area (Å²) in [6, 6.07) is 13.4. The van der Waals surface area contributed by atoms with Crippen molar-refractivity contribution in [3.05, 3.63) is 70.8 Å². The molecular formula is C25H32N2O5. The zero-order chi connectivity index (χ0) is 23.7. The summed E-state index contributed by atoms with van der Waals surface area (Å²) in [6.45, 7) is 7.62. The first-order chi connectivity index (χ1) is 15.2. The van der Waals surface area contributed by atoms with E-state index < -0.39 is 30.1 Å². The van der Waals surface area contributed by atoms with Crippen molar-refractivity contribution in [2.24, 2.45) is 5.92 Å². The van der Waals surface area contributed by atoms with Crippen LogP contribution in [0.4, 0.5) is 4.79 Å². The number of methoxy groups -OCH3 is 1. The Hall–Kier alpha value is -3.35. The zero-order valence-corrected chi connectivity index (χ0v) is 19.3. The summed E-state index contributed by atoms with van der Waals surface area (Å²) in [5.41, 5.74) is 3.86. The number of nitrogens with one attached hydrogen (secondary N) is 2. The lowest BCUT2D eigenvalue weighted by Crippen LogP contribution is -2.54. The van der Waals surface area contributed by atoms with Crippen LogP contribution in [0, 0.1) is 19.8 Å². The number of carbonyl (C=O) groups is 3. The molecule has 7 heteroatoms. The highest BCUT2D eigenvalue weighted by Crippen LogP contribution is 2.16. The maximum Gasteiger partial charge on any atom is 0.408 e. The summed E-state index contributed by atoms with van der Waals surface area (Å²) in [4.78, 5) is 37.7. The number of hydrogen-bond donors (Lipinski definition) is 2. The summed E-state index contributed by atoms with van der Waals surface area (Å²) in [7, 11) is 1.28. The van der Waals surface area contributed by atoms with E-state index in [9.17, 15) is 14.4 Å². The maximum atomic E-state index is 13.0. The Bertz CT molecular complexity index is 907. The fourth-order valence-corrected chi connectivity index (χ4v) is 3.40. The third-order valence-corrected chi connectivity index (χ3v) is 5.29. The van der Waals surface area contributed by atoms with Crippen molar-refractivity contribution in [1.29, 1.82) is 0 Å². The van der Waals surface area contributed by atoms with Crippen LogP contribution in [0.15, 0.2) is 48.5 Å². The molecule has 32 heavy (non-hydrogen) atoms. The van der Waals surface area contributed by atoms with Gasteiger partial charge in [-0.05, 0) is 42.0 Å². The highest BCUT2D eigenvalue weighted by Gasteiger charge is 2.30. The van der Waals surface area contributed by atoms with Gasteiger partial charge in [0.05, 0.1) is 7.11 Å². The van der Waals surface area contributed by atoms with Gasteiger partial charge in [-0.15, -0.1) is 0 Å². The van der Waals surface area contributed by atoms with E-state index in [0.29, 0.717) is 6.42 Å². The number of esters is 1. The van der Waals surface area contributed by atoms with E-state index in [1.165, 1.54) is 7.11 Å². The first kappa shape index (κ1) is 24.9. The van der Waals surface area contributed by atoms with Crippen LogP contribution in [0.2, 0.25) is 0 Å². The molecule has 2 aromatic rings. The Kier molecular flexibility index (Phi) is 9.25. The van der Waals surface area contributed by atoms with Gasteiger partial charge < -0.3 is 20.1 Å². The van der Waals surface area contributed by atoms with Gasteiger partial charge in [0.15, 0.2) is 0 Å². The van der Waals surface area contributed by atoms with Gasteiger partial charge in [-0.3, -0.25) is 4.79 Å². The average molecular weight is 441 g/mol. The summed E-state index contributed by atoms with van der Waals surface area (Å²) in [5, 5.41) is 5.36. The van der Waals surface area contributed by atoms with Gasteiger partial charge in [0.25, 0.3) is 0 Å². The first-order valence-electron chi connectivity index (χ1n) is 10.6. The van der Waals surface area contributed by atoms with Gasteiger partial charge in [0.2, 0.25) is 5.91 Å².